The second kappa shape index (κ2) is 6.94. The minimum atomic E-state index is -0.208. The molecule has 1 heterocycles. The Balaban J connectivity index is 2.09. The number of hydrogen-bond donors (Lipinski definition) is 1. The SMILES string of the molecule is CCn1ncc(NC2CCCCCCC2)c(Cl)c1=O. The van der Waals surface area contributed by atoms with Crippen LogP contribution < -0.4 is 10.9 Å². The van der Waals surface area contributed by atoms with E-state index < -0.39 is 0 Å². The Labute approximate surface area is 119 Å². The van der Waals surface area contributed by atoms with Crippen LogP contribution in [0.2, 0.25) is 5.02 Å². The summed E-state index contributed by atoms with van der Waals surface area (Å²) in [7, 11) is 0. The van der Waals surface area contributed by atoms with Crippen molar-refractivity contribution in [2.45, 2.75) is 64.5 Å². The highest BCUT2D eigenvalue weighted by atomic mass is 35.5. The van der Waals surface area contributed by atoms with Crippen LogP contribution in [0.3, 0.4) is 0 Å². The maximum atomic E-state index is 11.9. The first-order valence-corrected chi connectivity index (χ1v) is 7.62. The van der Waals surface area contributed by atoms with Crippen molar-refractivity contribution in [1.82, 2.24) is 9.78 Å². The predicted molar refractivity (Wildman–Crippen MR) is 78.9 cm³/mol. The first kappa shape index (κ1) is 14.4. The first-order chi connectivity index (χ1) is 9.22. The third-order valence-corrected chi connectivity index (χ3v) is 4.11. The summed E-state index contributed by atoms with van der Waals surface area (Å²) in [5, 5.41) is 7.79. The molecule has 4 nitrogen and oxygen atoms in total. The Kier molecular flexibility index (Phi) is 5.25. The van der Waals surface area contributed by atoms with E-state index in [9.17, 15) is 4.79 Å². The second-order valence-electron chi connectivity index (χ2n) is 5.18. The van der Waals surface area contributed by atoms with Gasteiger partial charge in [-0.3, -0.25) is 4.79 Å². The molecule has 19 heavy (non-hydrogen) atoms. The number of hydrogen-bond acceptors (Lipinski definition) is 3. The van der Waals surface area contributed by atoms with Crippen molar-refractivity contribution in [3.8, 4) is 0 Å². The van der Waals surface area contributed by atoms with Gasteiger partial charge in [0, 0.05) is 12.6 Å². The maximum Gasteiger partial charge on any atom is 0.287 e. The van der Waals surface area contributed by atoms with E-state index >= 15 is 0 Å². The van der Waals surface area contributed by atoms with Gasteiger partial charge in [-0.25, -0.2) is 4.68 Å². The van der Waals surface area contributed by atoms with Crippen LogP contribution >= 0.6 is 11.6 Å². The average molecular weight is 284 g/mol. The van der Waals surface area contributed by atoms with Crippen LogP contribution in [0.1, 0.15) is 51.9 Å². The molecule has 0 aromatic carbocycles. The van der Waals surface area contributed by atoms with Crippen LogP contribution in [-0.2, 0) is 6.54 Å². The van der Waals surface area contributed by atoms with Gasteiger partial charge < -0.3 is 5.32 Å². The lowest BCUT2D eigenvalue weighted by Crippen LogP contribution is -2.26. The molecule has 1 aromatic rings. The molecule has 0 atom stereocenters. The minimum absolute atomic E-state index is 0.208. The molecule has 5 heteroatoms. The Hall–Kier alpha value is -1.03. The van der Waals surface area contributed by atoms with Crippen molar-refractivity contribution in [2.75, 3.05) is 5.32 Å². The molecule has 0 bridgehead atoms. The minimum Gasteiger partial charge on any atom is -0.380 e. The molecule has 0 radical (unpaired) electrons. The van der Waals surface area contributed by atoms with E-state index in [4.69, 9.17) is 11.6 Å². The number of nitrogens with zero attached hydrogens (tertiary/aromatic N) is 2. The van der Waals surface area contributed by atoms with E-state index in [1.54, 1.807) is 6.20 Å². The molecular formula is C14H22ClN3O. The smallest absolute Gasteiger partial charge is 0.287 e. The predicted octanol–water partition coefficient (Wildman–Crippen LogP) is 3.44. The number of halogens is 1. The average Bonchev–Trinajstić information content (AvgIpc) is 2.38. The summed E-state index contributed by atoms with van der Waals surface area (Å²) in [4.78, 5) is 11.9. The fraction of sp³-hybridized carbons (Fsp3) is 0.714. The zero-order valence-corrected chi connectivity index (χ0v) is 12.2. The molecule has 0 aliphatic heterocycles. The molecule has 1 fully saturated rings. The first-order valence-electron chi connectivity index (χ1n) is 7.24. The lowest BCUT2D eigenvalue weighted by Gasteiger charge is -2.22. The Morgan fingerprint density at radius 1 is 1.32 bits per heavy atom. The van der Waals surface area contributed by atoms with Gasteiger partial charge in [0.1, 0.15) is 5.02 Å². The number of aromatic nitrogens is 2. The van der Waals surface area contributed by atoms with Crippen LogP contribution in [0.5, 0.6) is 0 Å². The van der Waals surface area contributed by atoms with Gasteiger partial charge >= 0.3 is 0 Å². The Bertz CT molecular complexity index is 464. The number of nitrogens with one attached hydrogen (secondary N) is 1. The van der Waals surface area contributed by atoms with Crippen LogP contribution in [0.15, 0.2) is 11.0 Å². The summed E-state index contributed by atoms with van der Waals surface area (Å²) in [6.45, 7) is 2.43. The highest BCUT2D eigenvalue weighted by Crippen LogP contribution is 2.23. The van der Waals surface area contributed by atoms with Gasteiger partial charge in [-0.1, -0.05) is 43.7 Å². The number of anilines is 1. The second-order valence-corrected chi connectivity index (χ2v) is 5.56. The summed E-state index contributed by atoms with van der Waals surface area (Å²) >= 11 is 6.13. The summed E-state index contributed by atoms with van der Waals surface area (Å²) < 4.78 is 1.38. The van der Waals surface area contributed by atoms with E-state index in [0.29, 0.717) is 18.3 Å². The molecule has 1 aliphatic rings. The summed E-state index contributed by atoms with van der Waals surface area (Å²) in [6.07, 6.45) is 10.4. The van der Waals surface area contributed by atoms with Gasteiger partial charge in [0.15, 0.2) is 0 Å². The monoisotopic (exact) mass is 283 g/mol. The maximum absolute atomic E-state index is 11.9. The van der Waals surface area contributed by atoms with E-state index in [2.05, 4.69) is 10.4 Å². The standard InChI is InChI=1S/C14H22ClN3O/c1-2-18-14(19)13(15)12(10-16-18)17-11-8-6-4-3-5-7-9-11/h10-11,17H,2-9H2,1H3. The zero-order valence-electron chi connectivity index (χ0n) is 11.5. The Morgan fingerprint density at radius 2 is 1.95 bits per heavy atom. The highest BCUT2D eigenvalue weighted by molar-refractivity contribution is 6.32. The summed E-state index contributed by atoms with van der Waals surface area (Å²) in [6, 6.07) is 0.413. The molecule has 0 spiro atoms. The largest absolute Gasteiger partial charge is 0.380 e. The van der Waals surface area contributed by atoms with Crippen LogP contribution in [0.4, 0.5) is 5.69 Å². The molecule has 1 saturated carbocycles. The van der Waals surface area contributed by atoms with Gasteiger partial charge in [0.05, 0.1) is 11.9 Å². The van der Waals surface area contributed by atoms with Crippen molar-refractivity contribution in [2.24, 2.45) is 0 Å². The van der Waals surface area contributed by atoms with Crippen LogP contribution in [0, 0.1) is 0 Å². The molecule has 1 aromatic heterocycles. The highest BCUT2D eigenvalue weighted by Gasteiger charge is 2.14. The van der Waals surface area contributed by atoms with Gasteiger partial charge in [-0.15, -0.1) is 0 Å². The van der Waals surface area contributed by atoms with Crippen molar-refractivity contribution in [3.63, 3.8) is 0 Å². The molecule has 106 valence electrons. The van der Waals surface area contributed by atoms with Gasteiger partial charge in [0.25, 0.3) is 5.56 Å². The van der Waals surface area contributed by atoms with Crippen molar-refractivity contribution in [3.05, 3.63) is 21.6 Å². The molecule has 0 saturated heterocycles. The number of rotatable bonds is 3. The lowest BCUT2D eigenvalue weighted by atomic mass is 9.96. The van der Waals surface area contributed by atoms with E-state index in [1.807, 2.05) is 6.92 Å². The van der Waals surface area contributed by atoms with Gasteiger partial charge in [-0.2, -0.15) is 5.10 Å². The summed E-state index contributed by atoms with van der Waals surface area (Å²) in [5.41, 5.74) is 0.474. The van der Waals surface area contributed by atoms with Crippen LogP contribution in [-0.4, -0.2) is 15.8 Å². The quantitative estimate of drug-likeness (QED) is 0.924. The zero-order chi connectivity index (χ0) is 13.7. The molecule has 2 rings (SSSR count). The lowest BCUT2D eigenvalue weighted by molar-refractivity contribution is 0.471. The Morgan fingerprint density at radius 3 is 2.58 bits per heavy atom. The third kappa shape index (κ3) is 3.72. The molecule has 0 amide bonds. The van der Waals surface area contributed by atoms with E-state index in [1.165, 1.54) is 36.8 Å². The third-order valence-electron chi connectivity index (χ3n) is 3.75. The van der Waals surface area contributed by atoms with Gasteiger partial charge in [0.2, 0.25) is 0 Å². The van der Waals surface area contributed by atoms with E-state index in [-0.39, 0.29) is 10.6 Å². The number of aryl methyl sites for hydroxylation is 1. The fourth-order valence-electron chi connectivity index (χ4n) is 2.61. The van der Waals surface area contributed by atoms with Crippen LogP contribution in [0.25, 0.3) is 0 Å². The molecule has 1 aliphatic carbocycles. The normalized spacial score (nSPS) is 17.8. The topological polar surface area (TPSA) is 46.9 Å². The molecule has 0 unspecified atom stereocenters. The van der Waals surface area contributed by atoms with Crippen molar-refractivity contribution < 1.29 is 0 Å². The molecule has 1 N–H and O–H groups in total. The van der Waals surface area contributed by atoms with Gasteiger partial charge in [-0.05, 0) is 19.8 Å². The van der Waals surface area contributed by atoms with Crippen molar-refractivity contribution >= 4 is 17.3 Å². The fourth-order valence-corrected chi connectivity index (χ4v) is 2.81. The molecular weight excluding hydrogens is 262 g/mol. The van der Waals surface area contributed by atoms with E-state index in [0.717, 1.165) is 12.8 Å². The van der Waals surface area contributed by atoms with Crippen molar-refractivity contribution in [1.29, 1.82) is 0 Å². The summed E-state index contributed by atoms with van der Waals surface area (Å²) in [5.74, 6) is 0.